The number of urea groups is 1. The summed E-state index contributed by atoms with van der Waals surface area (Å²) in [5.41, 5.74) is 1.84. The van der Waals surface area contributed by atoms with Gasteiger partial charge in [0.2, 0.25) is 0 Å². The van der Waals surface area contributed by atoms with Gasteiger partial charge >= 0.3 is 6.03 Å². The van der Waals surface area contributed by atoms with Gasteiger partial charge in [-0.2, -0.15) is 0 Å². The molecular weight excluding hydrogens is 268 g/mol. The fourth-order valence-corrected chi connectivity index (χ4v) is 2.18. The molecule has 0 radical (unpaired) electrons. The van der Waals surface area contributed by atoms with Gasteiger partial charge in [-0.1, -0.05) is 12.1 Å². The summed E-state index contributed by atoms with van der Waals surface area (Å²) in [6, 6.07) is 7.35. The zero-order valence-corrected chi connectivity index (χ0v) is 12.4. The molecule has 1 aromatic carbocycles. The predicted molar refractivity (Wildman–Crippen MR) is 82.0 cm³/mol. The number of hydrogen-bond donors (Lipinski definition) is 4. The highest BCUT2D eigenvalue weighted by molar-refractivity contribution is 5.76. The van der Waals surface area contributed by atoms with Crippen LogP contribution < -0.4 is 10.6 Å². The van der Waals surface area contributed by atoms with E-state index >= 15 is 0 Å². The van der Waals surface area contributed by atoms with E-state index in [9.17, 15) is 4.79 Å². The van der Waals surface area contributed by atoms with Crippen molar-refractivity contribution in [1.29, 1.82) is 0 Å². The molecule has 0 aliphatic heterocycles. The van der Waals surface area contributed by atoms with Crippen LogP contribution in [0.4, 0.5) is 4.79 Å². The van der Waals surface area contributed by atoms with E-state index in [4.69, 9.17) is 5.11 Å². The minimum absolute atomic E-state index is 0.0278. The molecule has 0 spiro atoms. The lowest BCUT2D eigenvalue weighted by Gasteiger charge is -2.16. The monoisotopic (exact) mass is 290 g/mol. The van der Waals surface area contributed by atoms with Crippen LogP contribution >= 0.6 is 0 Å². The molecule has 2 aromatic rings. The fraction of sp³-hybridized carbons (Fsp3) is 0.467. The predicted octanol–water partition coefficient (Wildman–Crippen LogP) is 2.08. The molecule has 6 heteroatoms. The zero-order chi connectivity index (χ0) is 15.2. The molecule has 1 aromatic heterocycles. The summed E-state index contributed by atoms with van der Waals surface area (Å²) >= 11 is 0. The largest absolute Gasteiger partial charge is 0.396 e. The molecule has 1 heterocycles. The third-order valence-electron chi connectivity index (χ3n) is 3.34. The number of benzene rings is 1. The van der Waals surface area contributed by atoms with E-state index in [-0.39, 0.29) is 24.7 Å². The van der Waals surface area contributed by atoms with Gasteiger partial charge in [-0.25, -0.2) is 9.78 Å². The lowest BCUT2D eigenvalue weighted by Crippen LogP contribution is -2.42. The standard InChI is InChI=1S/C15H22N4O2/c1-10(6-5-9-20)16-15(21)17-11(2)14-18-12-7-3-4-8-13(12)19-14/h3-4,7-8,10-11,20H,5-6,9H2,1-2H3,(H,18,19)(H2,16,17,21). The van der Waals surface area contributed by atoms with Crippen LogP contribution in [0.5, 0.6) is 0 Å². The number of aromatic nitrogens is 2. The van der Waals surface area contributed by atoms with E-state index in [2.05, 4.69) is 20.6 Å². The van der Waals surface area contributed by atoms with Crippen LogP contribution in [0.1, 0.15) is 38.6 Å². The van der Waals surface area contributed by atoms with E-state index in [0.717, 1.165) is 23.3 Å². The summed E-state index contributed by atoms with van der Waals surface area (Å²) in [6.07, 6.45) is 1.43. The number of nitrogens with one attached hydrogen (secondary N) is 3. The van der Waals surface area contributed by atoms with Crippen molar-refractivity contribution in [3.8, 4) is 0 Å². The first-order valence-electron chi connectivity index (χ1n) is 7.22. The van der Waals surface area contributed by atoms with Crippen LogP contribution in [-0.2, 0) is 0 Å². The van der Waals surface area contributed by atoms with Gasteiger partial charge in [0, 0.05) is 12.6 Å². The second kappa shape index (κ2) is 7.08. The van der Waals surface area contributed by atoms with Crippen molar-refractivity contribution in [2.24, 2.45) is 0 Å². The molecule has 0 aliphatic rings. The minimum atomic E-state index is -0.228. The second-order valence-corrected chi connectivity index (χ2v) is 5.25. The van der Waals surface area contributed by atoms with Gasteiger partial charge in [-0.15, -0.1) is 0 Å². The molecule has 114 valence electrons. The van der Waals surface area contributed by atoms with E-state index in [0.29, 0.717) is 6.42 Å². The van der Waals surface area contributed by atoms with E-state index < -0.39 is 0 Å². The summed E-state index contributed by atoms with van der Waals surface area (Å²) in [5, 5.41) is 14.5. The average molecular weight is 290 g/mol. The highest BCUT2D eigenvalue weighted by Gasteiger charge is 2.14. The molecule has 0 saturated carbocycles. The first-order valence-corrected chi connectivity index (χ1v) is 7.22. The Morgan fingerprint density at radius 2 is 2.10 bits per heavy atom. The number of hydrogen-bond acceptors (Lipinski definition) is 3. The van der Waals surface area contributed by atoms with Crippen molar-refractivity contribution in [2.75, 3.05) is 6.61 Å². The van der Waals surface area contributed by atoms with E-state index in [1.54, 1.807) is 0 Å². The number of aliphatic hydroxyl groups is 1. The number of para-hydroxylation sites is 2. The molecule has 0 bridgehead atoms. The molecule has 4 N–H and O–H groups in total. The molecule has 0 aliphatic carbocycles. The number of rotatable bonds is 6. The van der Waals surface area contributed by atoms with Crippen LogP contribution in [0.25, 0.3) is 11.0 Å². The molecule has 2 rings (SSSR count). The van der Waals surface area contributed by atoms with Crippen LogP contribution in [0.15, 0.2) is 24.3 Å². The molecule has 2 atom stereocenters. The fourth-order valence-electron chi connectivity index (χ4n) is 2.18. The lowest BCUT2D eigenvalue weighted by atomic mass is 10.2. The van der Waals surface area contributed by atoms with Crippen LogP contribution in [-0.4, -0.2) is 33.8 Å². The van der Waals surface area contributed by atoms with Gasteiger partial charge < -0.3 is 20.7 Å². The minimum Gasteiger partial charge on any atom is -0.396 e. The zero-order valence-electron chi connectivity index (χ0n) is 12.4. The summed E-state index contributed by atoms with van der Waals surface area (Å²) in [4.78, 5) is 19.6. The topological polar surface area (TPSA) is 90.0 Å². The molecule has 21 heavy (non-hydrogen) atoms. The number of aromatic amines is 1. The van der Waals surface area contributed by atoms with Crippen molar-refractivity contribution in [2.45, 2.75) is 38.8 Å². The lowest BCUT2D eigenvalue weighted by molar-refractivity contribution is 0.231. The van der Waals surface area contributed by atoms with Gasteiger partial charge in [-0.3, -0.25) is 0 Å². The summed E-state index contributed by atoms with van der Waals surface area (Å²) < 4.78 is 0. The highest BCUT2D eigenvalue weighted by atomic mass is 16.3. The number of nitrogens with zero attached hydrogens (tertiary/aromatic N) is 1. The molecule has 2 unspecified atom stereocenters. The van der Waals surface area contributed by atoms with Crippen LogP contribution in [0, 0.1) is 0 Å². The van der Waals surface area contributed by atoms with E-state index in [1.165, 1.54) is 0 Å². The number of carbonyl (C=O) groups is 1. The average Bonchev–Trinajstić information content (AvgIpc) is 2.89. The van der Waals surface area contributed by atoms with Crippen molar-refractivity contribution in [1.82, 2.24) is 20.6 Å². The maximum atomic E-state index is 11.9. The summed E-state index contributed by atoms with van der Waals surface area (Å²) in [5.74, 6) is 0.731. The maximum absolute atomic E-state index is 11.9. The third kappa shape index (κ3) is 4.19. The van der Waals surface area contributed by atoms with Crippen LogP contribution in [0.2, 0.25) is 0 Å². The molecule has 2 amide bonds. The highest BCUT2D eigenvalue weighted by Crippen LogP contribution is 2.15. The Kier molecular flexibility index (Phi) is 5.16. The number of H-pyrrole nitrogens is 1. The van der Waals surface area contributed by atoms with Crippen LogP contribution in [0.3, 0.4) is 0 Å². The quantitative estimate of drug-likeness (QED) is 0.656. The number of aliphatic hydroxyl groups excluding tert-OH is 1. The molecule has 0 saturated heterocycles. The van der Waals surface area contributed by atoms with E-state index in [1.807, 2.05) is 38.1 Å². The summed E-state index contributed by atoms with van der Waals surface area (Å²) in [6.45, 7) is 3.94. The second-order valence-electron chi connectivity index (χ2n) is 5.25. The Hall–Kier alpha value is -2.08. The van der Waals surface area contributed by atoms with Gasteiger partial charge in [0.15, 0.2) is 0 Å². The first-order chi connectivity index (χ1) is 10.1. The number of carbonyl (C=O) groups excluding carboxylic acids is 1. The first kappa shape index (κ1) is 15.3. The number of imidazole rings is 1. The van der Waals surface area contributed by atoms with Gasteiger partial charge in [0.1, 0.15) is 5.82 Å². The number of amides is 2. The SMILES string of the molecule is CC(CCCO)NC(=O)NC(C)c1nc2ccccc2[nH]1. The molecule has 6 nitrogen and oxygen atoms in total. The van der Waals surface area contributed by atoms with Crippen molar-refractivity contribution in [3.05, 3.63) is 30.1 Å². The Morgan fingerprint density at radius 3 is 2.81 bits per heavy atom. The Morgan fingerprint density at radius 1 is 1.33 bits per heavy atom. The normalized spacial score (nSPS) is 13.9. The molecular formula is C15H22N4O2. The van der Waals surface area contributed by atoms with Crippen molar-refractivity contribution >= 4 is 17.1 Å². The van der Waals surface area contributed by atoms with Gasteiger partial charge in [0.05, 0.1) is 17.1 Å². The van der Waals surface area contributed by atoms with Crippen molar-refractivity contribution in [3.63, 3.8) is 0 Å². The molecule has 0 fully saturated rings. The maximum Gasteiger partial charge on any atom is 0.315 e. The smallest absolute Gasteiger partial charge is 0.315 e. The Bertz CT molecular complexity index is 563. The summed E-state index contributed by atoms with van der Waals surface area (Å²) in [7, 11) is 0. The Labute approximate surface area is 124 Å². The van der Waals surface area contributed by atoms with Gasteiger partial charge in [-0.05, 0) is 38.8 Å². The number of fused-ring (bicyclic) bond motifs is 1. The third-order valence-corrected chi connectivity index (χ3v) is 3.34. The van der Waals surface area contributed by atoms with Crippen molar-refractivity contribution < 1.29 is 9.90 Å². The van der Waals surface area contributed by atoms with Gasteiger partial charge in [0.25, 0.3) is 0 Å². The Balaban J connectivity index is 1.91.